The van der Waals surface area contributed by atoms with Gasteiger partial charge in [-0.1, -0.05) is 22.6 Å². The summed E-state index contributed by atoms with van der Waals surface area (Å²) in [5.41, 5.74) is 0. The molecule has 78 valence electrons. The van der Waals surface area contributed by atoms with Crippen LogP contribution in [0.5, 0.6) is 0 Å². The average Bonchev–Trinajstić information content (AvgIpc) is 2.04. The lowest BCUT2D eigenvalue weighted by molar-refractivity contribution is -0.0268. The first kappa shape index (κ1) is 11.7. The van der Waals surface area contributed by atoms with E-state index in [-0.39, 0.29) is 0 Å². The van der Waals surface area contributed by atoms with Gasteiger partial charge in [-0.2, -0.15) is 0 Å². The van der Waals surface area contributed by atoms with Crippen LogP contribution in [0, 0.1) is 0 Å². The summed E-state index contributed by atoms with van der Waals surface area (Å²) in [6.07, 6.45) is 3.29. The molecule has 1 heterocycles. The Kier molecular flexibility index (Phi) is 4.97. The Bertz CT molecular complexity index is 142. The molecule has 0 saturated carbocycles. The Morgan fingerprint density at radius 1 is 1.23 bits per heavy atom. The summed E-state index contributed by atoms with van der Waals surface area (Å²) in [5, 5.41) is 0. The number of rotatable bonds is 3. The van der Waals surface area contributed by atoms with Gasteiger partial charge in [0, 0.05) is 13.1 Å². The zero-order valence-corrected chi connectivity index (χ0v) is 11.0. The number of halogens is 1. The molecule has 1 saturated heterocycles. The second-order valence-electron chi connectivity index (χ2n) is 3.99. The van der Waals surface area contributed by atoms with Gasteiger partial charge < -0.3 is 4.74 Å². The number of nitrogens with zero attached hydrogens (tertiary/aromatic N) is 1. The summed E-state index contributed by atoms with van der Waals surface area (Å²) in [7, 11) is 0. The van der Waals surface area contributed by atoms with E-state index in [1.807, 2.05) is 0 Å². The predicted octanol–water partition coefficient (Wildman–Crippen LogP) is 2.66. The average molecular weight is 297 g/mol. The van der Waals surface area contributed by atoms with E-state index < -0.39 is 0 Å². The highest BCUT2D eigenvalue weighted by atomic mass is 127. The molecule has 3 heteroatoms. The minimum Gasteiger partial charge on any atom is -0.375 e. The van der Waals surface area contributed by atoms with E-state index in [1.165, 1.54) is 25.9 Å². The van der Waals surface area contributed by atoms with E-state index in [0.717, 1.165) is 0 Å². The van der Waals surface area contributed by atoms with Crippen LogP contribution in [0.3, 0.4) is 0 Å². The molecule has 0 bridgehead atoms. The Hall–Kier alpha value is 0.650. The molecular weight excluding hydrogens is 277 g/mol. The van der Waals surface area contributed by atoms with Crippen LogP contribution >= 0.6 is 22.6 Å². The number of alkyl halides is 1. The summed E-state index contributed by atoms with van der Waals surface area (Å²) in [4.78, 5) is 2.51. The molecule has 1 fully saturated rings. The quantitative estimate of drug-likeness (QED) is 0.451. The van der Waals surface area contributed by atoms with Gasteiger partial charge in [-0.15, -0.1) is 0 Å². The van der Waals surface area contributed by atoms with E-state index >= 15 is 0 Å². The molecule has 0 aromatic heterocycles. The van der Waals surface area contributed by atoms with E-state index in [0.29, 0.717) is 16.3 Å². The molecule has 0 N–H and O–H groups in total. The van der Waals surface area contributed by atoms with Crippen LogP contribution in [-0.4, -0.2) is 34.2 Å². The first-order chi connectivity index (χ1) is 6.09. The number of hydrogen-bond acceptors (Lipinski definition) is 2. The second-order valence-corrected chi connectivity index (χ2v) is 5.80. The maximum absolute atomic E-state index is 5.79. The highest BCUT2D eigenvalue weighted by Gasteiger charge is 2.22. The maximum Gasteiger partial charge on any atom is 0.0603 e. The van der Waals surface area contributed by atoms with Gasteiger partial charge in [0.15, 0.2) is 0 Å². The predicted molar refractivity (Wildman–Crippen MR) is 64.3 cm³/mol. The summed E-state index contributed by atoms with van der Waals surface area (Å²) < 4.78 is 6.45. The van der Waals surface area contributed by atoms with Gasteiger partial charge in [-0.05, 0) is 33.6 Å². The third-order valence-electron chi connectivity index (χ3n) is 2.44. The van der Waals surface area contributed by atoms with Crippen molar-refractivity contribution in [3.05, 3.63) is 0 Å². The minimum atomic E-state index is 0.383. The Morgan fingerprint density at radius 3 is 2.15 bits per heavy atom. The number of ether oxygens (including phenoxy) is 1. The summed E-state index contributed by atoms with van der Waals surface area (Å²) in [6, 6.07) is 0. The van der Waals surface area contributed by atoms with Crippen molar-refractivity contribution >= 4 is 22.6 Å². The molecule has 13 heavy (non-hydrogen) atoms. The third-order valence-corrected chi connectivity index (χ3v) is 3.23. The van der Waals surface area contributed by atoms with Gasteiger partial charge in [0.2, 0.25) is 0 Å². The van der Waals surface area contributed by atoms with Crippen LogP contribution in [-0.2, 0) is 4.74 Å². The lowest BCUT2D eigenvalue weighted by Gasteiger charge is -2.34. The molecule has 0 aromatic carbocycles. The van der Waals surface area contributed by atoms with E-state index in [4.69, 9.17) is 4.74 Å². The van der Waals surface area contributed by atoms with E-state index in [2.05, 4.69) is 48.3 Å². The second kappa shape index (κ2) is 5.51. The van der Waals surface area contributed by atoms with Crippen LogP contribution in [0.2, 0.25) is 0 Å². The summed E-state index contributed by atoms with van der Waals surface area (Å²) >= 11 is 2.48. The topological polar surface area (TPSA) is 12.5 Å². The fourth-order valence-corrected chi connectivity index (χ4v) is 2.31. The lowest BCUT2D eigenvalue weighted by Crippen LogP contribution is -2.40. The molecule has 1 atom stereocenters. The number of piperidine rings is 1. The van der Waals surface area contributed by atoms with Crippen molar-refractivity contribution in [1.82, 2.24) is 4.90 Å². The summed E-state index contributed by atoms with van der Waals surface area (Å²) in [6.45, 7) is 8.88. The van der Waals surface area contributed by atoms with Crippen LogP contribution in [0.15, 0.2) is 0 Å². The van der Waals surface area contributed by atoms with Gasteiger partial charge in [0.1, 0.15) is 0 Å². The van der Waals surface area contributed by atoms with Gasteiger partial charge in [-0.3, -0.25) is 4.90 Å². The van der Waals surface area contributed by atoms with Crippen molar-refractivity contribution in [1.29, 1.82) is 0 Å². The molecular formula is C10H20INO. The fourth-order valence-electron chi connectivity index (χ4n) is 1.75. The summed E-state index contributed by atoms with van der Waals surface area (Å²) in [5.74, 6) is 0. The van der Waals surface area contributed by atoms with Crippen LogP contribution in [0.1, 0.15) is 33.6 Å². The smallest absolute Gasteiger partial charge is 0.0603 e. The van der Waals surface area contributed by atoms with Crippen molar-refractivity contribution in [2.24, 2.45) is 0 Å². The van der Waals surface area contributed by atoms with Crippen LogP contribution in [0.25, 0.3) is 0 Å². The van der Waals surface area contributed by atoms with Crippen LogP contribution < -0.4 is 0 Å². The third kappa shape index (κ3) is 4.13. The van der Waals surface area contributed by atoms with Gasteiger partial charge in [-0.25, -0.2) is 0 Å². The zero-order valence-electron chi connectivity index (χ0n) is 8.79. The van der Waals surface area contributed by atoms with E-state index in [1.54, 1.807) is 0 Å². The molecule has 0 aliphatic carbocycles. The van der Waals surface area contributed by atoms with Crippen LogP contribution in [0.4, 0.5) is 0 Å². The number of hydrogen-bond donors (Lipinski definition) is 0. The Balaban J connectivity index is 2.22. The van der Waals surface area contributed by atoms with E-state index in [9.17, 15) is 0 Å². The standard InChI is InChI=1S/C10H20INO/c1-8(2)13-10-4-6-12(7-5-10)9(3)11/h8-10H,4-7H2,1-3H3/t9-/m1/s1. The van der Waals surface area contributed by atoms with Crippen molar-refractivity contribution in [2.75, 3.05) is 13.1 Å². The molecule has 0 radical (unpaired) electrons. The highest BCUT2D eigenvalue weighted by Crippen LogP contribution is 2.19. The Labute approximate surface area is 95.2 Å². The largest absolute Gasteiger partial charge is 0.375 e. The molecule has 0 unspecified atom stereocenters. The zero-order chi connectivity index (χ0) is 9.84. The lowest BCUT2D eigenvalue weighted by atomic mass is 10.1. The van der Waals surface area contributed by atoms with Crippen molar-refractivity contribution < 1.29 is 4.74 Å². The normalized spacial score (nSPS) is 23.8. The van der Waals surface area contributed by atoms with Crippen molar-refractivity contribution in [3.8, 4) is 0 Å². The Morgan fingerprint density at radius 2 is 1.77 bits per heavy atom. The monoisotopic (exact) mass is 297 g/mol. The molecule has 1 rings (SSSR count). The fraction of sp³-hybridized carbons (Fsp3) is 1.00. The molecule has 0 amide bonds. The van der Waals surface area contributed by atoms with Gasteiger partial charge in [0.05, 0.1) is 16.3 Å². The number of likely N-dealkylation sites (tertiary alicyclic amines) is 1. The molecule has 0 spiro atoms. The highest BCUT2D eigenvalue weighted by molar-refractivity contribution is 14.1. The molecule has 2 nitrogen and oxygen atoms in total. The first-order valence-corrected chi connectivity index (χ1v) is 6.37. The SMILES string of the molecule is CC(C)OC1CCN([C@H](C)I)CC1. The van der Waals surface area contributed by atoms with Gasteiger partial charge in [0.25, 0.3) is 0 Å². The molecule has 1 aliphatic rings. The minimum absolute atomic E-state index is 0.383. The van der Waals surface area contributed by atoms with Gasteiger partial charge >= 0.3 is 0 Å². The molecule has 0 aromatic rings. The maximum atomic E-state index is 5.79. The molecule has 1 aliphatic heterocycles. The first-order valence-electron chi connectivity index (χ1n) is 5.13. The van der Waals surface area contributed by atoms with Crippen molar-refractivity contribution in [3.63, 3.8) is 0 Å². The van der Waals surface area contributed by atoms with Crippen molar-refractivity contribution in [2.45, 2.75) is 49.9 Å².